The van der Waals surface area contributed by atoms with Crippen LogP contribution in [0.2, 0.25) is 0 Å². The van der Waals surface area contributed by atoms with Crippen LogP contribution >= 0.6 is 0 Å². The van der Waals surface area contributed by atoms with E-state index in [1.807, 2.05) is 25.0 Å². The second-order valence-electron chi connectivity index (χ2n) is 13.2. The number of nitrogens with zero attached hydrogens (tertiary/aromatic N) is 4. The predicted molar refractivity (Wildman–Crippen MR) is 194 cm³/mol. The third-order valence-electron chi connectivity index (χ3n) is 9.18. The first-order valence-corrected chi connectivity index (χ1v) is 16.0. The van der Waals surface area contributed by atoms with Gasteiger partial charge in [-0.25, -0.2) is 0 Å². The third kappa shape index (κ3) is 4.84. The molecule has 9 rings (SSSR count). The van der Waals surface area contributed by atoms with Crippen LogP contribution in [0.4, 0.5) is 5.69 Å². The molecule has 5 nitrogen and oxygen atoms in total. The van der Waals surface area contributed by atoms with E-state index in [-0.39, 0.29) is 26.5 Å². The maximum Gasteiger partial charge on any atom is 0.0965 e. The van der Waals surface area contributed by atoms with E-state index in [2.05, 4.69) is 167 Å². The van der Waals surface area contributed by atoms with Gasteiger partial charge in [0, 0.05) is 49.8 Å². The van der Waals surface area contributed by atoms with Crippen molar-refractivity contribution < 1.29 is 21.1 Å². The van der Waals surface area contributed by atoms with Gasteiger partial charge in [0.25, 0.3) is 0 Å². The smallest absolute Gasteiger partial charge is 0.0965 e. The molecule has 3 aromatic heterocycles. The topological polar surface area (TPSA) is 38.0 Å². The Morgan fingerprint density at radius 2 is 1.27 bits per heavy atom. The number of fused-ring (bicyclic) bond motifs is 6. The number of nitrogens with one attached hydrogen (secondary N) is 1. The van der Waals surface area contributed by atoms with Crippen molar-refractivity contribution in [2.45, 2.75) is 26.2 Å². The Morgan fingerprint density at radius 1 is 0.646 bits per heavy atom. The van der Waals surface area contributed by atoms with Crippen molar-refractivity contribution in [3.63, 3.8) is 0 Å². The average molecular weight is 802 g/mol. The van der Waals surface area contributed by atoms with Gasteiger partial charge in [0.15, 0.2) is 0 Å². The van der Waals surface area contributed by atoms with Crippen molar-refractivity contribution in [3.05, 3.63) is 152 Å². The molecule has 48 heavy (non-hydrogen) atoms. The molecule has 0 saturated carbocycles. The molecule has 0 fully saturated rings. The summed E-state index contributed by atoms with van der Waals surface area (Å²) in [5, 5.41) is 8.36. The predicted octanol–water partition coefficient (Wildman–Crippen LogP) is 9.83. The van der Waals surface area contributed by atoms with Crippen molar-refractivity contribution in [1.82, 2.24) is 19.4 Å². The summed E-state index contributed by atoms with van der Waals surface area (Å²) >= 11 is 0. The quantitative estimate of drug-likeness (QED) is 0.180. The summed E-state index contributed by atoms with van der Waals surface area (Å²) in [5.74, 6) is 0.989. The van der Waals surface area contributed by atoms with Gasteiger partial charge in [-0.15, -0.1) is 52.5 Å². The summed E-state index contributed by atoms with van der Waals surface area (Å²) in [4.78, 5) is 6.80. The molecule has 0 amide bonds. The van der Waals surface area contributed by atoms with Crippen LogP contribution in [0, 0.1) is 18.8 Å². The first-order chi connectivity index (χ1) is 22.9. The minimum atomic E-state index is -0.0643. The molecular formula is C42H32N5Pt-3. The molecule has 0 aliphatic carbocycles. The third-order valence-corrected chi connectivity index (χ3v) is 9.18. The summed E-state index contributed by atoms with van der Waals surface area (Å²) in [6.45, 7) is 8.76. The maximum absolute atomic E-state index is 4.68. The minimum absolute atomic E-state index is 0. The second-order valence-corrected chi connectivity index (χ2v) is 13.2. The molecule has 6 heteroatoms. The number of hydrogen-bond acceptors (Lipinski definition) is 3. The van der Waals surface area contributed by atoms with Crippen LogP contribution < -0.4 is 10.2 Å². The number of aromatic nitrogens is 3. The Labute approximate surface area is 294 Å². The molecule has 0 atom stereocenters. The molecule has 238 valence electrons. The summed E-state index contributed by atoms with van der Waals surface area (Å²) < 4.78 is 4.60. The molecule has 0 radical (unpaired) electrons. The van der Waals surface area contributed by atoms with Gasteiger partial charge < -0.3 is 19.8 Å². The fourth-order valence-corrected chi connectivity index (χ4v) is 6.84. The van der Waals surface area contributed by atoms with E-state index in [0.717, 1.165) is 44.9 Å². The van der Waals surface area contributed by atoms with E-state index in [1.165, 1.54) is 32.8 Å². The van der Waals surface area contributed by atoms with Crippen molar-refractivity contribution >= 4 is 55.1 Å². The van der Waals surface area contributed by atoms with Gasteiger partial charge in [-0.05, 0) is 46.4 Å². The molecular weight excluding hydrogens is 770 g/mol. The average Bonchev–Trinajstić information content (AvgIpc) is 3.80. The monoisotopic (exact) mass is 801 g/mol. The zero-order valence-electron chi connectivity index (χ0n) is 26.8. The second kappa shape index (κ2) is 11.5. The molecule has 1 aliphatic rings. The van der Waals surface area contributed by atoms with Crippen LogP contribution in [0.1, 0.15) is 26.3 Å². The number of rotatable bonds is 4. The minimum Gasteiger partial charge on any atom is -0.501 e. The van der Waals surface area contributed by atoms with E-state index >= 15 is 0 Å². The molecule has 4 heterocycles. The van der Waals surface area contributed by atoms with Gasteiger partial charge in [0.05, 0.1) is 16.9 Å². The summed E-state index contributed by atoms with van der Waals surface area (Å²) in [6, 6.07) is 48.2. The van der Waals surface area contributed by atoms with Crippen molar-refractivity contribution in [2.24, 2.45) is 0 Å². The number of anilines is 1. The van der Waals surface area contributed by atoms with Gasteiger partial charge >= 0.3 is 0 Å². The summed E-state index contributed by atoms with van der Waals surface area (Å²) in [7, 11) is 0. The SMILES string of the molecule is CC(C)(C)c1cc(-c2ccccn2)[c-]c(-n2c3[c-]c(N4C=C(n5c6ccccc6c6ccccc65)N[CH-]4)ccc3c3ccccc32)c1.[Pt]. The van der Waals surface area contributed by atoms with E-state index in [9.17, 15) is 0 Å². The van der Waals surface area contributed by atoms with E-state index in [1.54, 1.807) is 0 Å². The Morgan fingerprint density at radius 3 is 1.92 bits per heavy atom. The molecule has 1 aliphatic heterocycles. The summed E-state index contributed by atoms with van der Waals surface area (Å²) in [5.41, 5.74) is 9.43. The first-order valence-electron chi connectivity index (χ1n) is 16.0. The first kappa shape index (κ1) is 30.2. The van der Waals surface area contributed by atoms with Crippen LogP contribution in [0.3, 0.4) is 0 Å². The fourth-order valence-electron chi connectivity index (χ4n) is 6.84. The van der Waals surface area contributed by atoms with Gasteiger partial charge in [-0.2, -0.15) is 12.7 Å². The number of benzene rings is 5. The molecule has 1 N–H and O–H groups in total. The molecule has 0 spiro atoms. The molecule has 0 unspecified atom stereocenters. The fraction of sp³-hybridized carbons (Fsp3) is 0.0952. The largest absolute Gasteiger partial charge is 0.501 e. The van der Waals surface area contributed by atoms with Gasteiger partial charge in [-0.3, -0.25) is 4.57 Å². The molecule has 8 aromatic rings. The van der Waals surface area contributed by atoms with E-state index in [4.69, 9.17) is 0 Å². The van der Waals surface area contributed by atoms with Crippen molar-refractivity contribution in [1.29, 1.82) is 0 Å². The van der Waals surface area contributed by atoms with Gasteiger partial charge in [0.1, 0.15) is 0 Å². The zero-order valence-corrected chi connectivity index (χ0v) is 29.1. The number of para-hydroxylation sites is 3. The Balaban J connectivity index is 0.00000336. The number of pyridine rings is 1. The van der Waals surface area contributed by atoms with Crippen LogP contribution in [0.25, 0.3) is 66.4 Å². The number of hydrogen-bond donors (Lipinski definition) is 1. The van der Waals surface area contributed by atoms with Crippen LogP contribution in [-0.4, -0.2) is 14.1 Å². The van der Waals surface area contributed by atoms with Crippen molar-refractivity contribution in [3.8, 4) is 16.9 Å². The van der Waals surface area contributed by atoms with Gasteiger partial charge in [0.2, 0.25) is 0 Å². The van der Waals surface area contributed by atoms with Crippen LogP contribution in [0.5, 0.6) is 0 Å². The van der Waals surface area contributed by atoms with E-state index in [0.29, 0.717) is 0 Å². The zero-order chi connectivity index (χ0) is 31.7. The standard InChI is InChI=1S/C42H32N5.Pt/c1-42(2,3)29-22-28(36-15-10-11-21-43-36)23-31(24-29)46-37-16-7-4-14-34(37)35-20-19-30(25-40(35)46)45-26-41(44-27-45)47-38-17-8-5-12-32(38)33-13-6-9-18-39(33)47;/h4-22,24,26-27,44H,1-3H3;/q-3;. The Kier molecular flexibility index (Phi) is 7.27. The van der Waals surface area contributed by atoms with E-state index < -0.39 is 0 Å². The normalized spacial score (nSPS) is 13.3. The Hall–Kier alpha value is -5.12. The van der Waals surface area contributed by atoms with Crippen LogP contribution in [0.15, 0.2) is 128 Å². The van der Waals surface area contributed by atoms with Crippen LogP contribution in [-0.2, 0) is 26.5 Å². The summed E-state index contributed by atoms with van der Waals surface area (Å²) in [6.07, 6.45) is 3.99. The Bertz CT molecular complexity index is 2460. The maximum atomic E-state index is 4.68. The molecule has 0 saturated heterocycles. The molecule has 5 aromatic carbocycles. The van der Waals surface area contributed by atoms with Crippen molar-refractivity contribution in [2.75, 3.05) is 4.90 Å². The van der Waals surface area contributed by atoms with Gasteiger partial charge in [-0.1, -0.05) is 93.0 Å². The molecule has 0 bridgehead atoms.